The van der Waals surface area contributed by atoms with E-state index in [1.165, 1.54) is 26.4 Å². The van der Waals surface area contributed by atoms with Crippen molar-refractivity contribution in [3.8, 4) is 17.2 Å². The monoisotopic (exact) mass is 1260 g/mol. The molecule has 5 aromatic carbocycles. The lowest BCUT2D eigenvalue weighted by Gasteiger charge is -2.16. The van der Waals surface area contributed by atoms with Gasteiger partial charge in [0, 0.05) is 30.3 Å². The van der Waals surface area contributed by atoms with E-state index < -0.39 is 81.6 Å². The lowest BCUT2D eigenvalue weighted by atomic mass is 9.93. The van der Waals surface area contributed by atoms with Crippen LogP contribution in [0.3, 0.4) is 0 Å². The Balaban J connectivity index is 0.000000200. The van der Waals surface area contributed by atoms with E-state index in [9.17, 15) is 60.2 Å². The fourth-order valence-electron chi connectivity index (χ4n) is 11.0. The molecule has 25 heteroatoms. The Kier molecular flexibility index (Phi) is 22.2. The van der Waals surface area contributed by atoms with Gasteiger partial charge in [0.05, 0.1) is 79.1 Å². The zero-order valence-corrected chi connectivity index (χ0v) is 50.2. The number of hydrogen-bond donors (Lipinski definition) is 3. The predicted octanol–water partition coefficient (Wildman–Crippen LogP) is 10.9. The van der Waals surface area contributed by atoms with Crippen molar-refractivity contribution < 1.29 is 98.6 Å². The number of rotatable bonds is 21. The number of hydroxylamine groups is 1. The van der Waals surface area contributed by atoms with Gasteiger partial charge in [0.25, 0.3) is 0 Å². The number of phenols is 1. The van der Waals surface area contributed by atoms with Gasteiger partial charge in [-0.1, -0.05) is 72.8 Å². The van der Waals surface area contributed by atoms with Crippen molar-refractivity contribution in [1.82, 2.24) is 15.4 Å². The summed E-state index contributed by atoms with van der Waals surface area (Å²) < 4.78 is 116. The minimum Gasteiger partial charge on any atom is -0.508 e. The fraction of sp³-hybridized carbons (Fsp3) is 0.364. The maximum absolute atomic E-state index is 13.3. The van der Waals surface area contributed by atoms with Gasteiger partial charge >= 0.3 is 42.2 Å². The van der Waals surface area contributed by atoms with E-state index in [0.29, 0.717) is 59.1 Å². The number of phenolic OH excluding ortho intramolecular Hbond substituents is 1. The van der Waals surface area contributed by atoms with E-state index in [-0.39, 0.29) is 83.0 Å². The van der Waals surface area contributed by atoms with Crippen molar-refractivity contribution in [2.75, 3.05) is 34.0 Å². The van der Waals surface area contributed by atoms with Crippen LogP contribution >= 0.6 is 0 Å². The molecule has 3 unspecified atom stereocenters. The molecule has 6 atom stereocenters. The third-order valence-electron chi connectivity index (χ3n) is 16.0. The average molecular weight is 1270 g/mol. The first-order valence-corrected chi connectivity index (χ1v) is 28.6. The molecule has 3 saturated carbocycles. The number of nitrogens with zero attached hydrogens (tertiary/aromatic N) is 2. The Morgan fingerprint density at radius 1 is 0.516 bits per heavy atom. The number of aromatic hydroxyl groups is 1. The van der Waals surface area contributed by atoms with Gasteiger partial charge in [-0.2, -0.15) is 26.3 Å². The van der Waals surface area contributed by atoms with E-state index in [1.54, 1.807) is 135 Å². The first-order valence-electron chi connectivity index (χ1n) is 28.6. The molecular formula is C66H65BF6N3O15. The molecule has 10 rings (SSSR count). The number of para-hydroxylation sites is 2. The molecule has 18 nitrogen and oxygen atoms in total. The van der Waals surface area contributed by atoms with Gasteiger partial charge in [0.1, 0.15) is 41.9 Å². The number of amides is 1. The number of ether oxygens (including phenoxy) is 7. The molecular weight excluding hydrogens is 1200 g/mol. The maximum atomic E-state index is 13.3. The largest absolute Gasteiger partial charge is 0.508 e. The number of esters is 5. The first kappa shape index (κ1) is 69.2. The van der Waals surface area contributed by atoms with Crippen molar-refractivity contribution in [3.05, 3.63) is 173 Å². The lowest BCUT2D eigenvalue weighted by Crippen LogP contribution is -2.30. The number of methoxy groups -OCH3 is 2. The molecule has 3 aliphatic rings. The number of hydrogen-bond acceptors (Lipinski definition) is 17. The van der Waals surface area contributed by atoms with Gasteiger partial charge in [0.2, 0.25) is 5.91 Å². The molecule has 0 saturated heterocycles. The van der Waals surface area contributed by atoms with Gasteiger partial charge in [0.15, 0.2) is 0 Å². The standard InChI is InChI=1S/C26H24F3NO5.C25H23F3N2O5.C15H18O5.B/c1-3-34-24(32)25(14-20(25)23(31)33-2)13-16-8-10-18(11-9-16)35-15-17-12-22(26(27,28)29)30-21-7-5-4-6-19(17)21;1-2-34-23(32)24(13-19(24)22(31)30-33)12-15-7-9-17(10-8-15)35-14-16-11-21(25(26,27)28)29-20-6-4-3-5-18(16)20;1-3-20-14(18)15(9-12(15)13(17)19-2)8-10-4-6-11(16)7-5-10;/h4-12,20H,3,13-15H2,1-2H3;3-11,19,33H,2,12-14H2,1H3,(H,30,31);4-7,12,16H,3,8-9H2,1-2H3;/t20?,25-;19?,24-;12?,15-;/m000./s1. The highest BCUT2D eigenvalue weighted by atomic mass is 19.4. The molecule has 3 fully saturated rings. The van der Waals surface area contributed by atoms with Crippen molar-refractivity contribution in [2.45, 2.75) is 84.9 Å². The van der Waals surface area contributed by atoms with Crippen molar-refractivity contribution >= 4 is 66.0 Å². The summed E-state index contributed by atoms with van der Waals surface area (Å²) >= 11 is 0. The van der Waals surface area contributed by atoms with Crippen LogP contribution < -0.4 is 15.0 Å². The average Bonchev–Trinajstić information content (AvgIpc) is 1.60. The minimum atomic E-state index is -4.58. The number of alkyl halides is 6. The van der Waals surface area contributed by atoms with E-state index in [0.717, 1.165) is 28.8 Å². The van der Waals surface area contributed by atoms with Gasteiger partial charge in [-0.15, -0.1) is 0 Å². The molecule has 7 aromatic rings. The number of halogens is 6. The van der Waals surface area contributed by atoms with Crippen molar-refractivity contribution in [1.29, 1.82) is 0 Å². The zero-order valence-electron chi connectivity index (χ0n) is 50.2. The van der Waals surface area contributed by atoms with Gasteiger partial charge in [-0.25, -0.2) is 15.4 Å². The molecule has 479 valence electrons. The molecule has 91 heavy (non-hydrogen) atoms. The van der Waals surface area contributed by atoms with Crippen LogP contribution in [0.25, 0.3) is 21.8 Å². The summed E-state index contributed by atoms with van der Waals surface area (Å²) in [6, 6.07) is 35.3. The molecule has 3 aliphatic carbocycles. The van der Waals surface area contributed by atoms with E-state index in [2.05, 4.69) is 9.97 Å². The quantitative estimate of drug-likeness (QED) is 0.0151. The van der Waals surface area contributed by atoms with Crippen LogP contribution in [0.5, 0.6) is 17.2 Å². The minimum absolute atomic E-state index is 0. The van der Waals surface area contributed by atoms with Crippen LogP contribution in [-0.2, 0) is 97.3 Å². The summed E-state index contributed by atoms with van der Waals surface area (Å²) in [5.41, 5.74) is 0.421. The first-order chi connectivity index (χ1) is 42.9. The highest BCUT2D eigenvalue weighted by molar-refractivity contribution is 5.94. The summed E-state index contributed by atoms with van der Waals surface area (Å²) in [6.45, 7) is 5.59. The third kappa shape index (κ3) is 16.2. The Labute approximate surface area is 521 Å². The number of carbonyl (C=O) groups excluding carboxylic acids is 6. The molecule has 2 aromatic heterocycles. The van der Waals surface area contributed by atoms with Crippen LogP contribution in [0, 0.1) is 34.0 Å². The van der Waals surface area contributed by atoms with Gasteiger partial charge in [-0.05, 0) is 137 Å². The number of nitrogens with one attached hydrogen (secondary N) is 1. The Morgan fingerprint density at radius 3 is 1.18 bits per heavy atom. The smallest absolute Gasteiger partial charge is 0.433 e. The molecule has 3 N–H and O–H groups in total. The number of fused-ring (bicyclic) bond motifs is 2. The molecule has 0 aliphatic heterocycles. The van der Waals surface area contributed by atoms with Crippen molar-refractivity contribution in [2.24, 2.45) is 34.0 Å². The van der Waals surface area contributed by atoms with Crippen molar-refractivity contribution in [3.63, 3.8) is 0 Å². The third-order valence-corrected chi connectivity index (χ3v) is 16.0. The summed E-state index contributed by atoms with van der Waals surface area (Å²) in [7, 11) is 2.60. The van der Waals surface area contributed by atoms with Crippen LogP contribution in [0.1, 0.15) is 79.2 Å². The molecule has 2 heterocycles. The SMILES string of the molecule is CCOC(=O)[C@@]1(Cc2ccc(O)cc2)CC1C(=O)OC.CCOC(=O)[C@@]1(Cc2ccc(OCc3cc(C(F)(F)F)nc4ccccc34)cc2)CC1C(=O)NO.CCOC(=O)[C@@]1(Cc2ccc(OCc3cc(C(F)(F)F)nc4ccccc34)cc2)CC1C(=O)OC.[B]. The number of benzene rings is 5. The Bertz CT molecular complexity index is 3550. The Morgan fingerprint density at radius 2 is 0.846 bits per heavy atom. The normalized spacial score (nSPS) is 20.1. The second kappa shape index (κ2) is 29.1. The van der Waals surface area contributed by atoms with Crippen LogP contribution in [0.4, 0.5) is 26.3 Å². The number of aromatic nitrogens is 2. The highest BCUT2D eigenvalue weighted by Crippen LogP contribution is 2.58. The molecule has 3 radical (unpaired) electrons. The Hall–Kier alpha value is -9.26. The van der Waals surface area contributed by atoms with Crippen LogP contribution in [0.2, 0.25) is 0 Å². The maximum Gasteiger partial charge on any atom is 0.433 e. The summed E-state index contributed by atoms with van der Waals surface area (Å²) in [4.78, 5) is 80.2. The highest BCUT2D eigenvalue weighted by Gasteiger charge is 2.67. The predicted molar refractivity (Wildman–Crippen MR) is 315 cm³/mol. The van der Waals surface area contributed by atoms with E-state index >= 15 is 0 Å². The van der Waals surface area contributed by atoms with Gasteiger partial charge < -0.3 is 38.3 Å². The second-order valence-corrected chi connectivity index (χ2v) is 21.8. The lowest BCUT2D eigenvalue weighted by molar-refractivity contribution is -0.154. The summed E-state index contributed by atoms with van der Waals surface area (Å²) in [6.07, 6.45) is -7.15. The molecule has 1 amide bonds. The fourth-order valence-corrected chi connectivity index (χ4v) is 11.0. The summed E-state index contributed by atoms with van der Waals surface area (Å²) in [5.74, 6) is -3.39. The number of pyridine rings is 2. The van der Waals surface area contributed by atoms with Crippen LogP contribution in [0.15, 0.2) is 133 Å². The summed E-state index contributed by atoms with van der Waals surface area (Å²) in [5, 5.41) is 19.4. The van der Waals surface area contributed by atoms with Crippen LogP contribution in [-0.4, -0.2) is 98.5 Å². The zero-order chi connectivity index (χ0) is 65.2. The topological polar surface area (TPSA) is 245 Å². The van der Waals surface area contributed by atoms with Gasteiger partial charge in [-0.3, -0.25) is 34.0 Å². The molecule has 0 spiro atoms. The van der Waals surface area contributed by atoms with E-state index in [4.69, 9.17) is 38.4 Å². The number of carbonyl (C=O) groups is 6. The second-order valence-electron chi connectivity index (χ2n) is 21.8. The molecule has 0 bridgehead atoms. The van der Waals surface area contributed by atoms with E-state index in [1.807, 2.05) is 0 Å².